The highest BCUT2D eigenvalue weighted by Gasteiger charge is 2.07. The Morgan fingerprint density at radius 2 is 2.00 bits per heavy atom. The highest BCUT2D eigenvalue weighted by Crippen LogP contribution is 2.31. The summed E-state index contributed by atoms with van der Waals surface area (Å²) >= 11 is 7.09. The number of para-hydroxylation sites is 1. The lowest BCUT2D eigenvalue weighted by molar-refractivity contribution is -0.858. The molecule has 0 aliphatic heterocycles. The highest BCUT2D eigenvalue weighted by molar-refractivity contribution is 7.80. The van der Waals surface area contributed by atoms with E-state index in [0.29, 0.717) is 5.11 Å². The highest BCUT2D eigenvalue weighted by atomic mass is 32.1. The summed E-state index contributed by atoms with van der Waals surface area (Å²) in [6.07, 6.45) is 1.09. The van der Waals surface area contributed by atoms with Crippen molar-refractivity contribution >= 4 is 44.6 Å². The number of rotatable bonds is 6. The number of hydrogen-bond acceptors (Lipinski definition) is 3. The summed E-state index contributed by atoms with van der Waals surface area (Å²) in [7, 11) is 4.31. The predicted octanol–water partition coefficient (Wildman–Crippen LogP) is 2.78. The average Bonchev–Trinajstić information content (AvgIpc) is 3.03. The smallest absolute Gasteiger partial charge is 0.170 e. The summed E-state index contributed by atoms with van der Waals surface area (Å²) in [4.78, 5) is 6.17. The molecule has 0 radical (unpaired) electrons. The van der Waals surface area contributed by atoms with Crippen molar-refractivity contribution in [2.45, 2.75) is 6.42 Å². The molecule has 1 aromatic heterocycles. The van der Waals surface area contributed by atoms with Crippen LogP contribution in [0.15, 0.2) is 48.5 Å². The zero-order valence-electron chi connectivity index (χ0n) is 14.5. The number of thiocarbonyl (C=S) groups is 1. The first-order chi connectivity index (χ1) is 12.1. The molecule has 0 saturated heterocycles. The van der Waals surface area contributed by atoms with Gasteiger partial charge in [0.15, 0.2) is 5.11 Å². The fourth-order valence-electron chi connectivity index (χ4n) is 2.54. The van der Waals surface area contributed by atoms with Crippen LogP contribution < -0.4 is 15.5 Å². The van der Waals surface area contributed by atoms with E-state index in [2.05, 4.69) is 42.9 Å². The van der Waals surface area contributed by atoms with Crippen molar-refractivity contribution in [1.82, 2.24) is 10.3 Å². The van der Waals surface area contributed by atoms with E-state index >= 15 is 0 Å². The molecule has 0 unspecified atom stereocenters. The molecule has 1 heterocycles. The fraction of sp³-hybridized carbons (Fsp3) is 0.263. The zero-order chi connectivity index (χ0) is 17.6. The molecule has 0 aliphatic rings. The molecular weight excluding hydrogens is 348 g/mol. The van der Waals surface area contributed by atoms with E-state index in [1.54, 1.807) is 11.3 Å². The maximum absolute atomic E-state index is 5.39. The third-order valence-corrected chi connectivity index (χ3v) is 5.13. The quantitative estimate of drug-likeness (QED) is 0.460. The van der Waals surface area contributed by atoms with Gasteiger partial charge in [-0.3, -0.25) is 0 Å². The molecule has 3 rings (SSSR count). The molecule has 0 atom stereocenters. The lowest BCUT2D eigenvalue weighted by Gasteiger charge is -2.12. The van der Waals surface area contributed by atoms with E-state index in [0.717, 1.165) is 41.3 Å². The Morgan fingerprint density at radius 3 is 2.80 bits per heavy atom. The molecule has 0 spiro atoms. The number of hydrogen-bond donors (Lipinski definition) is 3. The largest absolute Gasteiger partial charge is 0.362 e. The van der Waals surface area contributed by atoms with Gasteiger partial charge in [0.1, 0.15) is 5.01 Å². The second-order valence-corrected chi connectivity index (χ2v) is 7.70. The van der Waals surface area contributed by atoms with Gasteiger partial charge in [0.05, 0.1) is 30.9 Å². The molecule has 0 fully saturated rings. The normalized spacial score (nSPS) is 11.0. The molecule has 0 amide bonds. The first kappa shape index (κ1) is 17.8. The Labute approximate surface area is 157 Å². The molecule has 4 nitrogen and oxygen atoms in total. The number of thiazole rings is 1. The van der Waals surface area contributed by atoms with Crippen molar-refractivity contribution in [3.8, 4) is 10.6 Å². The van der Waals surface area contributed by atoms with E-state index in [1.807, 2.05) is 30.3 Å². The SMILES string of the molecule is C[NH+](C)CCCNC(=S)Nc1cccc(-c2nc3ccccc3s2)c1. The van der Waals surface area contributed by atoms with Crippen LogP contribution in [-0.2, 0) is 0 Å². The minimum atomic E-state index is 0.662. The van der Waals surface area contributed by atoms with Crippen LogP contribution in [0.2, 0.25) is 0 Å². The Morgan fingerprint density at radius 1 is 1.16 bits per heavy atom. The molecule has 2 aromatic carbocycles. The van der Waals surface area contributed by atoms with Gasteiger partial charge in [0.2, 0.25) is 0 Å². The number of aromatic nitrogens is 1. The lowest BCUT2D eigenvalue weighted by atomic mass is 10.2. The maximum Gasteiger partial charge on any atom is 0.170 e. The molecule has 25 heavy (non-hydrogen) atoms. The van der Waals surface area contributed by atoms with Gasteiger partial charge in [-0.05, 0) is 36.5 Å². The van der Waals surface area contributed by atoms with Crippen molar-refractivity contribution in [2.24, 2.45) is 0 Å². The Hall–Kier alpha value is -2.02. The minimum absolute atomic E-state index is 0.662. The van der Waals surface area contributed by atoms with E-state index in [1.165, 1.54) is 9.60 Å². The Kier molecular flexibility index (Phi) is 5.96. The summed E-state index contributed by atoms with van der Waals surface area (Å²) in [5.74, 6) is 0. The number of nitrogens with one attached hydrogen (secondary N) is 3. The summed E-state index contributed by atoms with van der Waals surface area (Å²) < 4.78 is 1.20. The molecule has 3 N–H and O–H groups in total. The average molecular weight is 372 g/mol. The van der Waals surface area contributed by atoms with Gasteiger partial charge in [-0.15, -0.1) is 11.3 Å². The topological polar surface area (TPSA) is 41.4 Å². The molecule has 0 saturated carbocycles. The van der Waals surface area contributed by atoms with Crippen molar-refractivity contribution < 1.29 is 4.90 Å². The van der Waals surface area contributed by atoms with Crippen LogP contribution in [0.3, 0.4) is 0 Å². The van der Waals surface area contributed by atoms with Crippen LogP contribution in [0.4, 0.5) is 5.69 Å². The van der Waals surface area contributed by atoms with Crippen LogP contribution in [0.25, 0.3) is 20.8 Å². The maximum atomic E-state index is 5.39. The number of quaternary nitrogens is 1. The minimum Gasteiger partial charge on any atom is -0.362 e. The van der Waals surface area contributed by atoms with E-state index in [-0.39, 0.29) is 0 Å². The van der Waals surface area contributed by atoms with Gasteiger partial charge >= 0.3 is 0 Å². The molecule has 3 aromatic rings. The molecule has 0 aliphatic carbocycles. The first-order valence-corrected chi connectivity index (χ1v) is 9.64. The van der Waals surface area contributed by atoms with Crippen LogP contribution in [0.1, 0.15) is 6.42 Å². The van der Waals surface area contributed by atoms with Crippen LogP contribution in [-0.4, -0.2) is 37.3 Å². The lowest BCUT2D eigenvalue weighted by Crippen LogP contribution is -3.05. The van der Waals surface area contributed by atoms with Crippen molar-refractivity contribution in [1.29, 1.82) is 0 Å². The van der Waals surface area contributed by atoms with Crippen molar-refractivity contribution in [2.75, 3.05) is 32.5 Å². The van der Waals surface area contributed by atoms with Gasteiger partial charge in [-0.1, -0.05) is 24.3 Å². The van der Waals surface area contributed by atoms with Gasteiger partial charge in [0.25, 0.3) is 0 Å². The predicted molar refractivity (Wildman–Crippen MR) is 112 cm³/mol. The number of anilines is 1. The molecule has 6 heteroatoms. The number of nitrogens with zero attached hydrogens (tertiary/aromatic N) is 1. The third-order valence-electron chi connectivity index (χ3n) is 3.80. The standard InChI is InChI=1S/C19H22N4S2/c1-23(2)12-6-11-20-19(24)21-15-8-5-7-14(13-15)18-22-16-9-3-4-10-17(16)25-18/h3-5,7-10,13H,6,11-12H2,1-2H3,(H2,20,21,24)/p+1. The van der Waals surface area contributed by atoms with Crippen molar-refractivity contribution in [3.63, 3.8) is 0 Å². The van der Waals surface area contributed by atoms with Gasteiger partial charge in [0, 0.05) is 24.2 Å². The van der Waals surface area contributed by atoms with Gasteiger partial charge < -0.3 is 15.5 Å². The van der Waals surface area contributed by atoms with Crippen molar-refractivity contribution in [3.05, 3.63) is 48.5 Å². The van der Waals surface area contributed by atoms with E-state index in [4.69, 9.17) is 17.2 Å². The fourth-order valence-corrected chi connectivity index (χ4v) is 3.73. The first-order valence-electron chi connectivity index (χ1n) is 8.42. The second kappa shape index (κ2) is 8.38. The third kappa shape index (κ3) is 4.98. The zero-order valence-corrected chi connectivity index (χ0v) is 16.1. The number of benzene rings is 2. The molecule has 0 bridgehead atoms. The van der Waals surface area contributed by atoms with Gasteiger partial charge in [-0.2, -0.15) is 0 Å². The Balaban J connectivity index is 1.64. The Bertz CT molecular complexity index is 824. The summed E-state index contributed by atoms with van der Waals surface area (Å²) in [5.41, 5.74) is 3.12. The van der Waals surface area contributed by atoms with Gasteiger partial charge in [-0.25, -0.2) is 4.98 Å². The summed E-state index contributed by atoms with van der Waals surface area (Å²) in [5, 5.41) is 8.21. The van der Waals surface area contributed by atoms with Crippen LogP contribution >= 0.6 is 23.6 Å². The second-order valence-electron chi connectivity index (χ2n) is 6.26. The molecular formula is C19H23N4S2+. The summed E-state index contributed by atoms with van der Waals surface area (Å²) in [6, 6.07) is 16.4. The monoisotopic (exact) mass is 371 g/mol. The molecule has 130 valence electrons. The van der Waals surface area contributed by atoms with E-state index in [9.17, 15) is 0 Å². The number of fused-ring (bicyclic) bond motifs is 1. The van der Waals surface area contributed by atoms with Crippen LogP contribution in [0, 0.1) is 0 Å². The van der Waals surface area contributed by atoms with E-state index < -0.39 is 0 Å². The summed E-state index contributed by atoms with van der Waals surface area (Å²) in [6.45, 7) is 2.01. The van der Waals surface area contributed by atoms with Crippen LogP contribution in [0.5, 0.6) is 0 Å².